The topological polar surface area (TPSA) is 37.3 Å². The smallest absolute Gasteiger partial charge is 0.307 e. The van der Waals surface area contributed by atoms with Crippen LogP contribution in [0, 0.1) is 3.57 Å². The van der Waals surface area contributed by atoms with Gasteiger partial charge in [0.2, 0.25) is 0 Å². The van der Waals surface area contributed by atoms with Crippen molar-refractivity contribution in [2.45, 2.75) is 6.42 Å². The molecule has 64 valence electrons. The highest BCUT2D eigenvalue weighted by atomic mass is 127. The third kappa shape index (κ3) is 2.64. The van der Waals surface area contributed by atoms with Gasteiger partial charge < -0.3 is 5.11 Å². The van der Waals surface area contributed by atoms with Crippen LogP contribution < -0.4 is 0 Å². The van der Waals surface area contributed by atoms with Crippen LogP contribution in [0.1, 0.15) is 5.56 Å². The highest BCUT2D eigenvalue weighted by Crippen LogP contribution is 2.19. The maximum atomic E-state index is 10.4. The summed E-state index contributed by atoms with van der Waals surface area (Å²) >= 11 is 7.89. The molecule has 1 aromatic rings. The van der Waals surface area contributed by atoms with E-state index in [4.69, 9.17) is 16.7 Å². The highest BCUT2D eigenvalue weighted by Gasteiger charge is 2.05. The van der Waals surface area contributed by atoms with Crippen LogP contribution in [0.3, 0.4) is 0 Å². The monoisotopic (exact) mass is 296 g/mol. The average molecular weight is 296 g/mol. The fourth-order valence-electron chi connectivity index (χ4n) is 0.842. The zero-order chi connectivity index (χ0) is 9.14. The molecule has 12 heavy (non-hydrogen) atoms. The third-order valence-corrected chi connectivity index (χ3v) is 2.39. The van der Waals surface area contributed by atoms with Gasteiger partial charge in [-0.2, -0.15) is 0 Å². The van der Waals surface area contributed by atoms with Crippen LogP contribution in [-0.4, -0.2) is 11.1 Å². The van der Waals surface area contributed by atoms with Crippen LogP contribution in [0.4, 0.5) is 0 Å². The van der Waals surface area contributed by atoms with E-state index in [1.54, 1.807) is 12.1 Å². The number of halogens is 2. The van der Waals surface area contributed by atoms with Gasteiger partial charge in [0.1, 0.15) is 0 Å². The lowest BCUT2D eigenvalue weighted by molar-refractivity contribution is -0.136. The molecule has 0 saturated carbocycles. The predicted molar refractivity (Wildman–Crippen MR) is 55.5 cm³/mol. The number of carboxylic acid groups (broad SMARTS) is 1. The molecule has 0 fully saturated rings. The molecule has 1 N–H and O–H groups in total. The van der Waals surface area contributed by atoms with E-state index in [0.717, 1.165) is 3.57 Å². The second-order valence-corrected chi connectivity index (χ2v) is 3.96. The number of rotatable bonds is 2. The fourth-order valence-corrected chi connectivity index (χ4v) is 1.58. The van der Waals surface area contributed by atoms with Crippen LogP contribution in [0.15, 0.2) is 18.2 Å². The van der Waals surface area contributed by atoms with Crippen molar-refractivity contribution in [3.8, 4) is 0 Å². The minimum atomic E-state index is -0.862. The number of benzene rings is 1. The van der Waals surface area contributed by atoms with Crippen LogP contribution in [0.5, 0.6) is 0 Å². The van der Waals surface area contributed by atoms with Crippen LogP contribution in [0.25, 0.3) is 0 Å². The van der Waals surface area contributed by atoms with Crippen molar-refractivity contribution >= 4 is 40.2 Å². The molecule has 2 nitrogen and oxygen atoms in total. The summed E-state index contributed by atoms with van der Waals surface area (Å²) in [6.45, 7) is 0. The maximum absolute atomic E-state index is 10.4. The van der Waals surface area contributed by atoms with Crippen LogP contribution >= 0.6 is 34.2 Å². The summed E-state index contributed by atoms with van der Waals surface area (Å²) < 4.78 is 0.994. The summed E-state index contributed by atoms with van der Waals surface area (Å²) in [5.74, 6) is -0.862. The molecule has 0 aliphatic heterocycles. The zero-order valence-corrected chi connectivity index (χ0v) is 8.96. The summed E-state index contributed by atoms with van der Waals surface area (Å²) in [5, 5.41) is 9.03. The van der Waals surface area contributed by atoms with Gasteiger partial charge >= 0.3 is 5.97 Å². The Balaban J connectivity index is 2.97. The molecule has 0 spiro atoms. The van der Waals surface area contributed by atoms with Crippen molar-refractivity contribution in [3.05, 3.63) is 32.4 Å². The first kappa shape index (κ1) is 9.80. The number of hydrogen-bond acceptors (Lipinski definition) is 1. The molecule has 0 unspecified atom stereocenters. The van der Waals surface area contributed by atoms with Gasteiger partial charge in [-0.05, 0) is 46.4 Å². The summed E-state index contributed by atoms with van der Waals surface area (Å²) in [5.41, 5.74) is 0.663. The molecule has 0 atom stereocenters. The van der Waals surface area contributed by atoms with Gasteiger partial charge in [0, 0.05) is 8.59 Å². The third-order valence-electron chi connectivity index (χ3n) is 1.35. The molecule has 0 bridgehead atoms. The second kappa shape index (κ2) is 4.09. The zero-order valence-electron chi connectivity index (χ0n) is 6.05. The quantitative estimate of drug-likeness (QED) is 0.852. The van der Waals surface area contributed by atoms with Gasteiger partial charge in [-0.3, -0.25) is 4.79 Å². The van der Waals surface area contributed by atoms with Crippen molar-refractivity contribution in [1.29, 1.82) is 0 Å². The van der Waals surface area contributed by atoms with Gasteiger partial charge in [0.15, 0.2) is 0 Å². The molecule has 0 heterocycles. The Kier molecular flexibility index (Phi) is 3.34. The summed E-state index contributed by atoms with van der Waals surface area (Å²) in [6.07, 6.45) is -0.0182. The van der Waals surface area contributed by atoms with E-state index in [2.05, 4.69) is 22.6 Å². The van der Waals surface area contributed by atoms with Crippen molar-refractivity contribution < 1.29 is 9.90 Å². The first-order chi connectivity index (χ1) is 5.59. The van der Waals surface area contributed by atoms with Crippen molar-refractivity contribution in [3.63, 3.8) is 0 Å². The van der Waals surface area contributed by atoms with E-state index >= 15 is 0 Å². The Labute approximate surface area is 88.7 Å². The Bertz CT molecular complexity index is 312. The van der Waals surface area contributed by atoms with E-state index in [1.807, 2.05) is 6.07 Å². The van der Waals surface area contributed by atoms with E-state index in [1.165, 1.54) is 0 Å². The van der Waals surface area contributed by atoms with Crippen molar-refractivity contribution in [1.82, 2.24) is 0 Å². The average Bonchev–Trinajstić information content (AvgIpc) is 1.96. The minimum absolute atomic E-state index is 0.0182. The molecule has 1 rings (SSSR count). The van der Waals surface area contributed by atoms with Gasteiger partial charge in [-0.15, -0.1) is 0 Å². The summed E-state index contributed by atoms with van der Waals surface area (Å²) in [6, 6.07) is 5.33. The molecule has 0 amide bonds. The van der Waals surface area contributed by atoms with E-state index in [9.17, 15) is 4.79 Å². The fraction of sp³-hybridized carbons (Fsp3) is 0.125. The Morgan fingerprint density at radius 1 is 1.58 bits per heavy atom. The number of carboxylic acids is 1. The second-order valence-electron chi connectivity index (χ2n) is 2.31. The SMILES string of the molecule is O=C(O)Cc1cc(I)ccc1Cl. The lowest BCUT2D eigenvalue weighted by Gasteiger charge is -2.00. The molecule has 1 aromatic carbocycles. The number of aliphatic carboxylic acids is 1. The lowest BCUT2D eigenvalue weighted by atomic mass is 10.1. The molecular weight excluding hydrogens is 290 g/mol. The standard InChI is InChI=1S/C8H6ClIO2/c9-7-2-1-6(10)3-5(7)4-8(11)12/h1-3H,4H2,(H,11,12). The summed E-state index contributed by atoms with van der Waals surface area (Å²) in [7, 11) is 0. The highest BCUT2D eigenvalue weighted by molar-refractivity contribution is 14.1. The molecule has 0 saturated heterocycles. The molecular formula is C8H6ClIO2. The van der Waals surface area contributed by atoms with E-state index in [0.29, 0.717) is 10.6 Å². The largest absolute Gasteiger partial charge is 0.481 e. The maximum Gasteiger partial charge on any atom is 0.307 e. The molecule has 0 radical (unpaired) electrons. The Morgan fingerprint density at radius 3 is 2.83 bits per heavy atom. The van der Waals surface area contributed by atoms with Gasteiger partial charge in [0.25, 0.3) is 0 Å². The Morgan fingerprint density at radius 2 is 2.25 bits per heavy atom. The van der Waals surface area contributed by atoms with Crippen LogP contribution in [-0.2, 0) is 11.2 Å². The summed E-state index contributed by atoms with van der Waals surface area (Å²) in [4.78, 5) is 10.4. The van der Waals surface area contributed by atoms with Crippen LogP contribution in [0.2, 0.25) is 5.02 Å². The van der Waals surface area contributed by atoms with Gasteiger partial charge in [-0.25, -0.2) is 0 Å². The van der Waals surface area contributed by atoms with Gasteiger partial charge in [0.05, 0.1) is 6.42 Å². The van der Waals surface area contributed by atoms with Gasteiger partial charge in [-0.1, -0.05) is 11.6 Å². The first-order valence-corrected chi connectivity index (χ1v) is 4.71. The van der Waals surface area contributed by atoms with E-state index < -0.39 is 5.97 Å². The number of hydrogen-bond donors (Lipinski definition) is 1. The molecule has 0 aromatic heterocycles. The Hall–Kier alpha value is -0.290. The lowest BCUT2D eigenvalue weighted by Crippen LogP contribution is -2.00. The molecule has 0 aliphatic rings. The normalized spacial score (nSPS) is 9.83. The van der Waals surface area contributed by atoms with Crippen molar-refractivity contribution in [2.75, 3.05) is 0 Å². The predicted octanol–water partition coefficient (Wildman–Crippen LogP) is 2.57. The molecule has 0 aliphatic carbocycles. The molecule has 4 heteroatoms. The van der Waals surface area contributed by atoms with Crippen molar-refractivity contribution in [2.24, 2.45) is 0 Å². The van der Waals surface area contributed by atoms with E-state index in [-0.39, 0.29) is 6.42 Å². The minimum Gasteiger partial charge on any atom is -0.481 e. The first-order valence-electron chi connectivity index (χ1n) is 3.25. The number of carbonyl (C=O) groups is 1.